The molecule has 4 nitrogen and oxygen atoms in total. The Labute approximate surface area is 225 Å². The van der Waals surface area contributed by atoms with Crippen LogP contribution >= 0.6 is 77.7 Å². The molecule has 0 aliphatic carbocycles. The van der Waals surface area contributed by atoms with E-state index in [-0.39, 0.29) is 11.6 Å². The van der Waals surface area contributed by atoms with E-state index in [1.54, 1.807) is 24.3 Å². The largest absolute Gasteiger partial charge is 0.486 e. The fourth-order valence-corrected chi connectivity index (χ4v) is 5.18. The molecule has 0 saturated carbocycles. The van der Waals surface area contributed by atoms with Crippen LogP contribution in [0.4, 0.5) is 0 Å². The van der Waals surface area contributed by atoms with Gasteiger partial charge in [0.25, 0.3) is 0 Å². The first-order valence-corrected chi connectivity index (χ1v) is 12.6. The molecule has 0 amide bonds. The Morgan fingerprint density at radius 2 is 1.75 bits per heavy atom. The summed E-state index contributed by atoms with van der Waals surface area (Å²) in [7, 11) is 0. The Morgan fingerprint density at radius 3 is 2.44 bits per heavy atom. The second-order valence-electron chi connectivity index (χ2n) is 6.66. The van der Waals surface area contributed by atoms with E-state index in [0.29, 0.717) is 28.0 Å². The Hall–Kier alpha value is -1.39. The van der Waals surface area contributed by atoms with Gasteiger partial charge in [-0.15, -0.1) is 0 Å². The minimum Gasteiger partial charge on any atom is -0.486 e. The predicted octanol–water partition coefficient (Wildman–Crippen LogP) is 8.05. The van der Waals surface area contributed by atoms with Crippen LogP contribution in [0, 0.1) is 3.57 Å². The van der Waals surface area contributed by atoms with Crippen molar-refractivity contribution in [2.45, 2.75) is 6.61 Å². The molecule has 0 spiro atoms. The Kier molecular flexibility index (Phi) is 7.62. The molecule has 162 valence electrons. The molecule has 1 heterocycles. The minimum absolute atomic E-state index is 0.176. The minimum atomic E-state index is -0.544. The number of hydrogen-bond donors (Lipinski definition) is 0. The van der Waals surface area contributed by atoms with Gasteiger partial charge < -0.3 is 9.47 Å². The number of nitrogens with zero attached hydrogens (tertiary/aromatic N) is 1. The highest BCUT2D eigenvalue weighted by Crippen LogP contribution is 2.36. The smallest absolute Gasteiger partial charge is 0.363 e. The lowest BCUT2D eigenvalue weighted by Gasteiger charge is -2.12. The van der Waals surface area contributed by atoms with E-state index in [0.717, 1.165) is 23.6 Å². The summed E-state index contributed by atoms with van der Waals surface area (Å²) in [4.78, 5) is 16.6. The molecule has 4 rings (SSSR count). The second-order valence-corrected chi connectivity index (χ2v) is 10.3. The third kappa shape index (κ3) is 5.39. The molecule has 0 fully saturated rings. The number of halogens is 5. The number of esters is 1. The standard InChI is InChI=1S/C23H12Br2Cl2INO3/c24-15-7-12(8-16(25)21(15)31-11-14-3-1-2-4-19(14)28)9-20-23(30)32-22(29-20)13-5-6-17(26)18(27)10-13/h1-10H,11H2/b20-9-. The van der Waals surface area contributed by atoms with Crippen LogP contribution in [0.15, 0.2) is 74.2 Å². The van der Waals surface area contributed by atoms with Gasteiger partial charge in [0.15, 0.2) is 5.70 Å². The lowest BCUT2D eigenvalue weighted by Crippen LogP contribution is -2.05. The van der Waals surface area contributed by atoms with Crippen LogP contribution in [0.2, 0.25) is 10.0 Å². The van der Waals surface area contributed by atoms with E-state index in [9.17, 15) is 4.79 Å². The number of rotatable bonds is 5. The molecule has 3 aromatic rings. The lowest BCUT2D eigenvalue weighted by molar-refractivity contribution is -0.129. The first-order valence-electron chi connectivity index (χ1n) is 9.15. The summed E-state index contributed by atoms with van der Waals surface area (Å²) in [6.45, 7) is 0.431. The predicted molar refractivity (Wildman–Crippen MR) is 142 cm³/mol. The van der Waals surface area contributed by atoms with Crippen LogP contribution in [0.25, 0.3) is 6.08 Å². The third-order valence-corrected chi connectivity index (χ3v) is 7.41. The summed E-state index contributed by atoms with van der Waals surface area (Å²) in [5.74, 6) is 0.300. The van der Waals surface area contributed by atoms with Gasteiger partial charge in [-0.3, -0.25) is 0 Å². The van der Waals surface area contributed by atoms with Crippen molar-refractivity contribution in [3.8, 4) is 5.75 Å². The molecular formula is C23H12Br2Cl2INO3. The van der Waals surface area contributed by atoms with Gasteiger partial charge in [0.05, 0.1) is 19.0 Å². The van der Waals surface area contributed by atoms with Gasteiger partial charge in [0.2, 0.25) is 5.90 Å². The molecule has 0 radical (unpaired) electrons. The van der Waals surface area contributed by atoms with E-state index < -0.39 is 5.97 Å². The van der Waals surface area contributed by atoms with Gasteiger partial charge in [0, 0.05) is 14.7 Å². The molecular weight excluding hydrogens is 696 g/mol. The molecule has 0 aromatic heterocycles. The van der Waals surface area contributed by atoms with Gasteiger partial charge in [-0.05, 0) is 102 Å². The Bertz CT molecular complexity index is 1270. The molecule has 0 bridgehead atoms. The van der Waals surface area contributed by atoms with E-state index >= 15 is 0 Å². The van der Waals surface area contributed by atoms with Crippen molar-refractivity contribution in [1.29, 1.82) is 0 Å². The first kappa shape index (κ1) is 23.8. The fraction of sp³-hybridized carbons (Fsp3) is 0.0435. The van der Waals surface area contributed by atoms with E-state index in [1.807, 2.05) is 36.4 Å². The van der Waals surface area contributed by atoms with Crippen molar-refractivity contribution in [2.75, 3.05) is 0 Å². The SMILES string of the molecule is O=C1OC(c2ccc(Cl)c(Cl)c2)=N/C1=C\c1cc(Br)c(OCc2ccccc2I)c(Br)c1. The number of cyclic esters (lactones) is 1. The Morgan fingerprint density at radius 1 is 1.03 bits per heavy atom. The van der Waals surface area contributed by atoms with Crippen LogP contribution in [-0.2, 0) is 16.1 Å². The van der Waals surface area contributed by atoms with Gasteiger partial charge in [-0.25, -0.2) is 9.79 Å². The zero-order valence-corrected chi connectivity index (χ0v) is 22.9. The topological polar surface area (TPSA) is 47.9 Å². The summed E-state index contributed by atoms with van der Waals surface area (Å²) in [6.07, 6.45) is 1.65. The fourth-order valence-electron chi connectivity index (χ4n) is 2.89. The number of carbonyl (C=O) groups excluding carboxylic acids is 1. The molecule has 1 aliphatic heterocycles. The average Bonchev–Trinajstić information content (AvgIpc) is 3.11. The molecule has 0 saturated heterocycles. The maximum atomic E-state index is 12.3. The number of aliphatic imine (C=N–C) groups is 1. The third-order valence-electron chi connectivity index (χ3n) is 4.44. The van der Waals surface area contributed by atoms with Crippen LogP contribution in [-0.4, -0.2) is 11.9 Å². The van der Waals surface area contributed by atoms with Gasteiger partial charge in [-0.2, -0.15) is 0 Å². The van der Waals surface area contributed by atoms with Gasteiger partial charge >= 0.3 is 5.97 Å². The van der Waals surface area contributed by atoms with Crippen molar-refractivity contribution in [3.05, 3.63) is 99.5 Å². The van der Waals surface area contributed by atoms with E-state index in [2.05, 4.69) is 59.4 Å². The van der Waals surface area contributed by atoms with Crippen molar-refractivity contribution in [1.82, 2.24) is 0 Å². The van der Waals surface area contributed by atoms with E-state index in [4.69, 9.17) is 32.7 Å². The number of carbonyl (C=O) groups is 1. The van der Waals surface area contributed by atoms with Crippen LogP contribution in [0.3, 0.4) is 0 Å². The first-order chi connectivity index (χ1) is 15.3. The van der Waals surface area contributed by atoms with Crippen molar-refractivity contribution < 1.29 is 14.3 Å². The molecule has 3 aromatic carbocycles. The highest BCUT2D eigenvalue weighted by atomic mass is 127. The van der Waals surface area contributed by atoms with Crippen LogP contribution in [0.5, 0.6) is 5.75 Å². The second kappa shape index (κ2) is 10.3. The number of benzene rings is 3. The number of ether oxygens (including phenoxy) is 2. The summed E-state index contributed by atoms with van der Waals surface area (Å²) < 4.78 is 13.9. The van der Waals surface area contributed by atoms with Crippen molar-refractivity contribution >= 4 is 95.6 Å². The maximum absolute atomic E-state index is 12.3. The lowest BCUT2D eigenvalue weighted by atomic mass is 10.2. The van der Waals surface area contributed by atoms with Gasteiger partial charge in [-0.1, -0.05) is 41.4 Å². The maximum Gasteiger partial charge on any atom is 0.363 e. The summed E-state index contributed by atoms with van der Waals surface area (Å²) in [5.41, 5.74) is 2.59. The zero-order chi connectivity index (χ0) is 22.8. The summed E-state index contributed by atoms with van der Waals surface area (Å²) in [6, 6.07) is 16.6. The quantitative estimate of drug-likeness (QED) is 0.153. The monoisotopic (exact) mass is 705 g/mol. The molecule has 0 unspecified atom stereocenters. The average molecular weight is 708 g/mol. The van der Waals surface area contributed by atoms with E-state index in [1.165, 1.54) is 0 Å². The summed E-state index contributed by atoms with van der Waals surface area (Å²) >= 11 is 21.4. The van der Waals surface area contributed by atoms with Gasteiger partial charge in [0.1, 0.15) is 12.4 Å². The zero-order valence-electron chi connectivity index (χ0n) is 16.0. The van der Waals surface area contributed by atoms with Crippen molar-refractivity contribution in [3.63, 3.8) is 0 Å². The normalized spacial score (nSPS) is 14.5. The summed E-state index contributed by atoms with van der Waals surface area (Å²) in [5, 5.41) is 0.768. The number of hydrogen-bond acceptors (Lipinski definition) is 4. The van der Waals surface area contributed by atoms with Crippen LogP contribution in [0.1, 0.15) is 16.7 Å². The van der Waals surface area contributed by atoms with Crippen molar-refractivity contribution in [2.24, 2.45) is 4.99 Å². The molecule has 9 heteroatoms. The molecule has 0 N–H and O–H groups in total. The highest BCUT2D eigenvalue weighted by Gasteiger charge is 2.25. The molecule has 1 aliphatic rings. The molecule has 0 atom stereocenters. The highest BCUT2D eigenvalue weighted by molar-refractivity contribution is 14.1. The Balaban J connectivity index is 1.57. The van der Waals surface area contributed by atoms with Crippen LogP contribution < -0.4 is 4.74 Å². The molecule has 32 heavy (non-hydrogen) atoms.